The van der Waals surface area contributed by atoms with Crippen LogP contribution in [-0.4, -0.2) is 61.0 Å². The van der Waals surface area contributed by atoms with E-state index >= 15 is 0 Å². The summed E-state index contributed by atoms with van der Waals surface area (Å²) in [4.78, 5) is 27.8. The lowest BCUT2D eigenvalue weighted by Crippen LogP contribution is -2.29. The lowest BCUT2D eigenvalue weighted by atomic mass is 10.3. The lowest BCUT2D eigenvalue weighted by Gasteiger charge is -2.17. The number of aliphatic carboxylic acids is 1. The molecule has 0 bridgehead atoms. The standard InChI is InChI=1S/C14H20N2O3S/c1-15(2)9-4-10-16(3)14(19)12-7-5-11(20-12)6-8-13(17)18/h5-8H,4,9-10H2,1-3H3,(H,17,18). The minimum atomic E-state index is -0.993. The topological polar surface area (TPSA) is 60.9 Å². The maximum atomic E-state index is 12.2. The quantitative estimate of drug-likeness (QED) is 0.780. The van der Waals surface area contributed by atoms with Gasteiger partial charge in [-0.15, -0.1) is 11.3 Å². The van der Waals surface area contributed by atoms with Crippen molar-refractivity contribution in [3.63, 3.8) is 0 Å². The Hall–Kier alpha value is -1.66. The van der Waals surface area contributed by atoms with E-state index in [1.165, 1.54) is 17.4 Å². The number of hydrogen-bond donors (Lipinski definition) is 1. The van der Waals surface area contributed by atoms with E-state index in [0.717, 1.165) is 23.9 Å². The zero-order chi connectivity index (χ0) is 15.1. The molecule has 5 nitrogen and oxygen atoms in total. The van der Waals surface area contributed by atoms with Gasteiger partial charge in [-0.1, -0.05) is 0 Å². The molecular weight excluding hydrogens is 276 g/mol. The molecule has 0 aliphatic heterocycles. The van der Waals surface area contributed by atoms with Gasteiger partial charge in [0.2, 0.25) is 0 Å². The monoisotopic (exact) mass is 296 g/mol. The van der Waals surface area contributed by atoms with Crippen LogP contribution < -0.4 is 0 Å². The normalized spacial score (nSPS) is 11.2. The SMILES string of the molecule is CN(C)CCCN(C)C(=O)c1ccc(C=CC(=O)O)s1. The van der Waals surface area contributed by atoms with E-state index in [4.69, 9.17) is 5.11 Å². The predicted molar refractivity (Wildman–Crippen MR) is 81.1 cm³/mol. The summed E-state index contributed by atoms with van der Waals surface area (Å²) in [6.45, 7) is 1.64. The van der Waals surface area contributed by atoms with E-state index in [0.29, 0.717) is 11.4 Å². The predicted octanol–water partition coefficient (Wildman–Crippen LogP) is 1.87. The van der Waals surface area contributed by atoms with Gasteiger partial charge in [0.25, 0.3) is 5.91 Å². The van der Waals surface area contributed by atoms with E-state index in [1.807, 2.05) is 14.1 Å². The smallest absolute Gasteiger partial charge is 0.328 e. The Kier molecular flexibility index (Phi) is 6.41. The van der Waals surface area contributed by atoms with Gasteiger partial charge in [0.05, 0.1) is 4.88 Å². The summed E-state index contributed by atoms with van der Waals surface area (Å²) in [5.41, 5.74) is 0. The molecule has 6 heteroatoms. The van der Waals surface area contributed by atoms with Crippen molar-refractivity contribution in [3.05, 3.63) is 28.0 Å². The van der Waals surface area contributed by atoms with Gasteiger partial charge in [-0.3, -0.25) is 4.79 Å². The van der Waals surface area contributed by atoms with E-state index in [-0.39, 0.29) is 5.91 Å². The average molecular weight is 296 g/mol. The first-order valence-corrected chi connectivity index (χ1v) is 7.13. The Morgan fingerprint density at radius 3 is 2.55 bits per heavy atom. The second-order valence-electron chi connectivity index (χ2n) is 4.76. The molecule has 0 fully saturated rings. The van der Waals surface area contributed by atoms with E-state index in [9.17, 15) is 9.59 Å². The number of carbonyl (C=O) groups is 2. The highest BCUT2D eigenvalue weighted by atomic mass is 32.1. The van der Waals surface area contributed by atoms with Gasteiger partial charge in [0.1, 0.15) is 0 Å². The summed E-state index contributed by atoms with van der Waals surface area (Å²) in [6, 6.07) is 3.49. The number of hydrogen-bond acceptors (Lipinski definition) is 4. The molecule has 110 valence electrons. The molecule has 0 radical (unpaired) electrons. The molecule has 0 aliphatic rings. The number of carboxylic acids is 1. The molecule has 1 heterocycles. The fourth-order valence-electron chi connectivity index (χ4n) is 1.62. The van der Waals surface area contributed by atoms with Gasteiger partial charge in [0, 0.05) is 24.5 Å². The van der Waals surface area contributed by atoms with Crippen LogP contribution in [0.3, 0.4) is 0 Å². The van der Waals surface area contributed by atoms with Crippen LogP contribution in [0.4, 0.5) is 0 Å². The van der Waals surface area contributed by atoms with Crippen molar-refractivity contribution in [2.45, 2.75) is 6.42 Å². The summed E-state index contributed by atoms with van der Waals surface area (Å²) in [5.74, 6) is -1.02. The molecule has 1 aromatic heterocycles. The maximum Gasteiger partial charge on any atom is 0.328 e. The molecule has 0 saturated carbocycles. The van der Waals surface area contributed by atoms with Gasteiger partial charge >= 0.3 is 5.97 Å². The second kappa shape index (κ2) is 7.81. The highest BCUT2D eigenvalue weighted by Gasteiger charge is 2.13. The highest BCUT2D eigenvalue weighted by Crippen LogP contribution is 2.19. The molecular formula is C14H20N2O3S. The van der Waals surface area contributed by atoms with Crippen molar-refractivity contribution in [1.29, 1.82) is 0 Å². The summed E-state index contributed by atoms with van der Waals surface area (Å²) >= 11 is 1.30. The zero-order valence-electron chi connectivity index (χ0n) is 12.0. The zero-order valence-corrected chi connectivity index (χ0v) is 12.8. The fourth-order valence-corrected chi connectivity index (χ4v) is 2.53. The van der Waals surface area contributed by atoms with Crippen LogP contribution in [0, 0.1) is 0 Å². The fraction of sp³-hybridized carbons (Fsp3) is 0.429. The van der Waals surface area contributed by atoms with Crippen LogP contribution in [0.25, 0.3) is 6.08 Å². The number of amides is 1. The third-order valence-corrected chi connectivity index (χ3v) is 3.71. The minimum Gasteiger partial charge on any atom is -0.478 e. The van der Waals surface area contributed by atoms with Crippen molar-refractivity contribution < 1.29 is 14.7 Å². The van der Waals surface area contributed by atoms with Gasteiger partial charge in [-0.05, 0) is 45.3 Å². The Bertz CT molecular complexity index is 494. The van der Waals surface area contributed by atoms with E-state index in [1.54, 1.807) is 24.1 Å². The molecule has 1 aromatic rings. The number of nitrogens with zero attached hydrogens (tertiary/aromatic N) is 2. The van der Waals surface area contributed by atoms with Crippen molar-refractivity contribution in [3.8, 4) is 0 Å². The van der Waals surface area contributed by atoms with Crippen LogP contribution in [0.5, 0.6) is 0 Å². The highest BCUT2D eigenvalue weighted by molar-refractivity contribution is 7.14. The van der Waals surface area contributed by atoms with Gasteiger partial charge in [0.15, 0.2) is 0 Å². The molecule has 0 atom stereocenters. The number of carboxylic acid groups (broad SMARTS) is 1. The lowest BCUT2D eigenvalue weighted by molar-refractivity contribution is -0.131. The largest absolute Gasteiger partial charge is 0.478 e. The van der Waals surface area contributed by atoms with Crippen molar-refractivity contribution in [2.75, 3.05) is 34.2 Å². The van der Waals surface area contributed by atoms with Crippen molar-refractivity contribution >= 4 is 29.3 Å². The molecule has 1 rings (SSSR count). The first kappa shape index (κ1) is 16.4. The number of carbonyl (C=O) groups excluding carboxylic acids is 1. The van der Waals surface area contributed by atoms with Gasteiger partial charge in [-0.2, -0.15) is 0 Å². The minimum absolute atomic E-state index is 0.0243. The molecule has 0 aliphatic carbocycles. The van der Waals surface area contributed by atoms with Gasteiger partial charge in [-0.25, -0.2) is 4.79 Å². The van der Waals surface area contributed by atoms with Crippen LogP contribution in [0.2, 0.25) is 0 Å². The summed E-state index contributed by atoms with van der Waals surface area (Å²) in [6.07, 6.45) is 3.49. The molecule has 0 saturated heterocycles. The van der Waals surface area contributed by atoms with E-state index in [2.05, 4.69) is 4.90 Å². The van der Waals surface area contributed by atoms with Crippen LogP contribution >= 0.6 is 11.3 Å². The van der Waals surface area contributed by atoms with Crippen LogP contribution in [-0.2, 0) is 4.79 Å². The Balaban J connectivity index is 2.56. The molecule has 1 N–H and O–H groups in total. The maximum absolute atomic E-state index is 12.2. The summed E-state index contributed by atoms with van der Waals surface area (Å²) in [7, 11) is 5.79. The van der Waals surface area contributed by atoms with Gasteiger partial charge < -0.3 is 14.9 Å². The Labute approximate surface area is 123 Å². The summed E-state index contributed by atoms with van der Waals surface area (Å²) < 4.78 is 0. The number of thiophene rings is 1. The number of rotatable bonds is 7. The second-order valence-corrected chi connectivity index (χ2v) is 5.87. The van der Waals surface area contributed by atoms with Crippen LogP contribution in [0.1, 0.15) is 21.0 Å². The first-order valence-electron chi connectivity index (χ1n) is 6.31. The van der Waals surface area contributed by atoms with Crippen molar-refractivity contribution in [1.82, 2.24) is 9.80 Å². The molecule has 0 spiro atoms. The molecule has 0 aromatic carbocycles. The molecule has 20 heavy (non-hydrogen) atoms. The third-order valence-electron chi connectivity index (χ3n) is 2.67. The molecule has 1 amide bonds. The third kappa shape index (κ3) is 5.54. The average Bonchev–Trinajstić information content (AvgIpc) is 2.83. The first-order chi connectivity index (χ1) is 9.40. The van der Waals surface area contributed by atoms with Crippen molar-refractivity contribution in [2.24, 2.45) is 0 Å². The van der Waals surface area contributed by atoms with Crippen LogP contribution in [0.15, 0.2) is 18.2 Å². The van der Waals surface area contributed by atoms with E-state index < -0.39 is 5.97 Å². The summed E-state index contributed by atoms with van der Waals surface area (Å²) in [5, 5.41) is 8.56. The Morgan fingerprint density at radius 1 is 1.25 bits per heavy atom. The Morgan fingerprint density at radius 2 is 1.95 bits per heavy atom. The molecule has 0 unspecified atom stereocenters.